The van der Waals surface area contributed by atoms with Crippen LogP contribution in [-0.2, 0) is 4.79 Å². The molecule has 82 valence electrons. The first-order chi connectivity index (χ1) is 7.13. The third kappa shape index (κ3) is 3.38. The van der Waals surface area contributed by atoms with Gasteiger partial charge in [-0.1, -0.05) is 0 Å². The number of benzene rings is 1. The van der Waals surface area contributed by atoms with Crippen molar-refractivity contribution in [1.82, 2.24) is 0 Å². The maximum atomic E-state index is 10.5. The Balaban J connectivity index is 2.58. The van der Waals surface area contributed by atoms with Crippen LogP contribution in [0.3, 0.4) is 0 Å². The van der Waals surface area contributed by atoms with E-state index in [1.807, 2.05) is 0 Å². The average Bonchev–Trinajstić information content (AvgIpc) is 2.20. The van der Waals surface area contributed by atoms with Crippen molar-refractivity contribution in [1.29, 1.82) is 0 Å². The van der Waals surface area contributed by atoms with Crippen molar-refractivity contribution in [3.05, 3.63) is 18.2 Å². The van der Waals surface area contributed by atoms with Gasteiger partial charge in [-0.25, -0.2) is 0 Å². The lowest BCUT2D eigenvalue weighted by atomic mass is 10.3. The Morgan fingerprint density at radius 3 is 2.73 bits per heavy atom. The van der Waals surface area contributed by atoms with Crippen molar-refractivity contribution in [2.75, 3.05) is 19.5 Å². The Morgan fingerprint density at radius 2 is 2.20 bits per heavy atom. The van der Waals surface area contributed by atoms with Crippen LogP contribution in [0.4, 0.5) is 5.69 Å². The van der Waals surface area contributed by atoms with Crippen LogP contribution in [0.5, 0.6) is 11.5 Å². The van der Waals surface area contributed by atoms with Crippen molar-refractivity contribution in [3.8, 4) is 11.5 Å². The summed E-state index contributed by atoms with van der Waals surface area (Å²) in [6.07, 6.45) is 0.172. The fourth-order valence-electron chi connectivity index (χ4n) is 1.05. The number of hydrogen-bond donors (Lipinski definition) is 2. The van der Waals surface area contributed by atoms with E-state index in [9.17, 15) is 4.79 Å². The van der Waals surface area contributed by atoms with Gasteiger partial charge in [0.25, 0.3) is 0 Å². The molecule has 0 saturated carbocycles. The zero-order valence-corrected chi connectivity index (χ0v) is 8.53. The summed E-state index contributed by atoms with van der Waals surface area (Å²) < 4.78 is 10.2. The van der Waals surface area contributed by atoms with E-state index in [-0.39, 0.29) is 13.0 Å². The Morgan fingerprint density at radius 1 is 1.47 bits per heavy atom. The molecule has 15 heavy (non-hydrogen) atoms. The lowest BCUT2D eigenvalue weighted by Crippen LogP contribution is -2.14. The molecule has 0 fully saturated rings. The number of carbonyl (C=O) groups excluding carboxylic acids is 1. The number of ether oxygens (including phenoxy) is 2. The van der Waals surface area contributed by atoms with Gasteiger partial charge in [0.15, 0.2) is 0 Å². The summed E-state index contributed by atoms with van der Waals surface area (Å²) >= 11 is 0. The largest absolute Gasteiger partial charge is 0.497 e. The van der Waals surface area contributed by atoms with Crippen LogP contribution in [0.1, 0.15) is 6.42 Å². The molecule has 5 heteroatoms. The van der Waals surface area contributed by atoms with Gasteiger partial charge in [0.05, 0.1) is 25.8 Å². The highest BCUT2D eigenvalue weighted by Crippen LogP contribution is 2.26. The molecular formula is C10H14N2O3. The maximum Gasteiger partial charge on any atom is 0.220 e. The highest BCUT2D eigenvalue weighted by molar-refractivity contribution is 5.73. The summed E-state index contributed by atoms with van der Waals surface area (Å²) in [7, 11) is 1.56. The zero-order valence-electron chi connectivity index (χ0n) is 8.53. The lowest BCUT2D eigenvalue weighted by molar-refractivity contribution is -0.118. The maximum absolute atomic E-state index is 10.5. The Labute approximate surface area is 88.0 Å². The Kier molecular flexibility index (Phi) is 3.79. The van der Waals surface area contributed by atoms with Gasteiger partial charge in [0.1, 0.15) is 11.5 Å². The first-order valence-electron chi connectivity index (χ1n) is 4.48. The minimum atomic E-state index is -0.401. The standard InChI is InChI=1S/C10H14N2O3/c1-14-7-2-3-9(8(11)6-7)15-5-4-10(12)13/h2-3,6H,4-5,11H2,1H3,(H2,12,13). The lowest BCUT2D eigenvalue weighted by Gasteiger charge is -2.09. The summed E-state index contributed by atoms with van der Waals surface area (Å²) in [5.41, 5.74) is 11.1. The number of hydrogen-bond acceptors (Lipinski definition) is 4. The minimum absolute atomic E-state index is 0.172. The summed E-state index contributed by atoms with van der Waals surface area (Å²) in [4.78, 5) is 10.5. The Bertz CT molecular complexity index is 353. The van der Waals surface area contributed by atoms with E-state index in [4.69, 9.17) is 20.9 Å². The van der Waals surface area contributed by atoms with Gasteiger partial charge < -0.3 is 20.9 Å². The van der Waals surface area contributed by atoms with Gasteiger partial charge >= 0.3 is 0 Å². The fourth-order valence-corrected chi connectivity index (χ4v) is 1.05. The molecule has 4 N–H and O–H groups in total. The number of nitrogen functional groups attached to an aromatic ring is 1. The molecule has 5 nitrogen and oxygen atoms in total. The molecule has 0 unspecified atom stereocenters. The normalized spacial score (nSPS) is 9.67. The quantitative estimate of drug-likeness (QED) is 0.694. The number of carbonyl (C=O) groups is 1. The van der Waals surface area contributed by atoms with E-state index >= 15 is 0 Å². The molecule has 1 rings (SSSR count). The SMILES string of the molecule is COc1ccc(OCCC(N)=O)c(N)c1. The second-order valence-corrected chi connectivity index (χ2v) is 2.97. The van der Waals surface area contributed by atoms with E-state index in [0.717, 1.165) is 0 Å². The van der Waals surface area contributed by atoms with Gasteiger partial charge in [0, 0.05) is 6.07 Å². The van der Waals surface area contributed by atoms with Crippen LogP contribution in [0.15, 0.2) is 18.2 Å². The molecule has 0 aliphatic carbocycles. The second kappa shape index (κ2) is 5.09. The molecular weight excluding hydrogens is 196 g/mol. The molecule has 0 aromatic heterocycles. The summed E-state index contributed by atoms with van der Waals surface area (Å²) in [6, 6.07) is 5.07. The molecule has 1 amide bonds. The third-order valence-corrected chi connectivity index (χ3v) is 1.82. The highest BCUT2D eigenvalue weighted by atomic mass is 16.5. The number of rotatable bonds is 5. The van der Waals surface area contributed by atoms with E-state index in [1.54, 1.807) is 25.3 Å². The number of amides is 1. The number of anilines is 1. The summed E-state index contributed by atoms with van der Waals surface area (Å²) in [5.74, 6) is 0.786. The van der Waals surface area contributed by atoms with E-state index in [1.165, 1.54) is 0 Å². The van der Waals surface area contributed by atoms with Gasteiger partial charge in [-0.15, -0.1) is 0 Å². The molecule has 0 radical (unpaired) electrons. The Hall–Kier alpha value is -1.91. The van der Waals surface area contributed by atoms with Crippen molar-refractivity contribution in [3.63, 3.8) is 0 Å². The van der Waals surface area contributed by atoms with Crippen molar-refractivity contribution in [2.45, 2.75) is 6.42 Å². The number of methoxy groups -OCH3 is 1. The van der Waals surface area contributed by atoms with Crippen molar-refractivity contribution in [2.24, 2.45) is 5.73 Å². The first kappa shape index (κ1) is 11.2. The van der Waals surface area contributed by atoms with Gasteiger partial charge in [-0.2, -0.15) is 0 Å². The molecule has 0 atom stereocenters. The van der Waals surface area contributed by atoms with Gasteiger partial charge in [-0.05, 0) is 12.1 Å². The van der Waals surface area contributed by atoms with Crippen LogP contribution in [0.25, 0.3) is 0 Å². The minimum Gasteiger partial charge on any atom is -0.497 e. The predicted octanol–water partition coefficient (Wildman–Crippen LogP) is 0.532. The van der Waals surface area contributed by atoms with E-state index in [2.05, 4.69) is 0 Å². The molecule has 0 heterocycles. The average molecular weight is 210 g/mol. The fraction of sp³-hybridized carbons (Fsp3) is 0.300. The van der Waals surface area contributed by atoms with E-state index < -0.39 is 5.91 Å². The number of nitrogens with two attached hydrogens (primary N) is 2. The van der Waals surface area contributed by atoms with Gasteiger partial charge in [0.2, 0.25) is 5.91 Å². The topological polar surface area (TPSA) is 87.6 Å². The molecule has 1 aromatic carbocycles. The highest BCUT2D eigenvalue weighted by Gasteiger charge is 2.02. The molecule has 0 spiro atoms. The van der Waals surface area contributed by atoms with Crippen LogP contribution in [0, 0.1) is 0 Å². The third-order valence-electron chi connectivity index (χ3n) is 1.82. The molecule has 0 aliphatic rings. The summed E-state index contributed by atoms with van der Waals surface area (Å²) in [5, 5.41) is 0. The zero-order chi connectivity index (χ0) is 11.3. The molecule has 0 bridgehead atoms. The van der Waals surface area contributed by atoms with Crippen LogP contribution in [0.2, 0.25) is 0 Å². The monoisotopic (exact) mass is 210 g/mol. The van der Waals surface area contributed by atoms with Crippen molar-refractivity contribution >= 4 is 11.6 Å². The van der Waals surface area contributed by atoms with Crippen LogP contribution in [-0.4, -0.2) is 19.6 Å². The van der Waals surface area contributed by atoms with Crippen LogP contribution < -0.4 is 20.9 Å². The smallest absolute Gasteiger partial charge is 0.220 e. The second-order valence-electron chi connectivity index (χ2n) is 2.97. The van der Waals surface area contributed by atoms with Crippen molar-refractivity contribution < 1.29 is 14.3 Å². The summed E-state index contributed by atoms with van der Waals surface area (Å²) in [6.45, 7) is 0.228. The molecule has 0 aliphatic heterocycles. The predicted molar refractivity (Wildman–Crippen MR) is 56.7 cm³/mol. The number of primary amides is 1. The van der Waals surface area contributed by atoms with E-state index in [0.29, 0.717) is 17.2 Å². The molecule has 0 saturated heterocycles. The van der Waals surface area contributed by atoms with Crippen LogP contribution >= 0.6 is 0 Å². The first-order valence-corrected chi connectivity index (χ1v) is 4.48. The van der Waals surface area contributed by atoms with Gasteiger partial charge in [-0.3, -0.25) is 4.79 Å². The molecule has 1 aromatic rings.